The fourth-order valence-electron chi connectivity index (χ4n) is 13.0. The first-order valence-electron chi connectivity index (χ1n) is 33.9. The predicted molar refractivity (Wildman–Crippen MR) is 366 cm³/mol. The summed E-state index contributed by atoms with van der Waals surface area (Å²) in [6.45, 7) is 7.78. The van der Waals surface area contributed by atoms with Crippen molar-refractivity contribution in [1.29, 1.82) is 0 Å². The second kappa shape index (κ2) is 32.6. The van der Waals surface area contributed by atoms with Gasteiger partial charge < -0.3 is 77.5 Å². The van der Waals surface area contributed by atoms with Crippen molar-refractivity contribution in [2.24, 2.45) is 11.1 Å². The third-order valence-electron chi connectivity index (χ3n) is 18.9. The molecular weight excluding hydrogens is 1350 g/mol. The topological polar surface area (TPSA) is 397 Å². The number of benzene rings is 3. The molecule has 101 heavy (non-hydrogen) atoms. The highest BCUT2D eigenvalue weighted by molar-refractivity contribution is 7.52. The number of aromatic amines is 1. The molecule has 3 aliphatic heterocycles. The maximum Gasteiger partial charge on any atom is 0.399 e. The molecule has 9 rings (SSSR count). The molecule has 4 aliphatic rings. The standard InChI is InChI=1S/C69H89F3N13O14PS/c1-39-57(101-38-76-39)42-18-16-40(17-19-42)49(79-62(92)53-34-46(86)36-84(53)65(95)58(67(2,3)4)82-66(96)68(70)27-28-68)35-55(88)74-29-12-7-6-8-13-30-75-63(93)56(41-14-10-9-11-15-41)81-59(89)48(23-25-54(73)87)78-61(91)52-24-21-45-26-31-83(5)37-51(64(94)85(45)52)80-60(90)50-33-43-32-44(20-22-47(43)77-50)69(71,72)100(97,98)99/h9-11,14-20,22,32-33,38,45-46,48-49,51-53,56,58,77,86H,6-8,12-13,21,23-31,34-37H2,1-5H3,(H2,73,87)(H,74,88)(H,75,93)(H,78,91)(H,79,92)(H,80,90)(H,81,89)(H,82,96)(H2,97,98,99)/t45-,46-,48+,49+,51+,52+,53+,56+,58-/m1/s1. The van der Waals surface area contributed by atoms with Crippen LogP contribution >= 0.6 is 18.9 Å². The summed E-state index contributed by atoms with van der Waals surface area (Å²) in [5, 5.41) is 30.4. The first-order valence-corrected chi connectivity index (χ1v) is 36.4. The van der Waals surface area contributed by atoms with Crippen LogP contribution in [-0.2, 0) is 53.4 Å². The third-order valence-corrected chi connectivity index (χ3v) is 20.9. The lowest BCUT2D eigenvalue weighted by molar-refractivity contribution is -0.145. The molecule has 10 amide bonds. The van der Waals surface area contributed by atoms with E-state index >= 15 is 0 Å². The van der Waals surface area contributed by atoms with Gasteiger partial charge in [-0.2, -0.15) is 8.78 Å². The second-order valence-corrected chi connectivity index (χ2v) is 30.3. The molecule has 0 radical (unpaired) electrons. The molecule has 0 unspecified atom stereocenters. The first kappa shape index (κ1) is 76.6. The number of aliphatic hydroxyl groups is 1. The molecule has 546 valence electrons. The minimum absolute atomic E-state index is 0.00378. The Hall–Kier alpha value is -8.61. The monoisotopic (exact) mass is 1440 g/mol. The van der Waals surface area contributed by atoms with E-state index in [9.17, 15) is 80.6 Å². The van der Waals surface area contributed by atoms with E-state index in [1.165, 1.54) is 27.2 Å². The summed E-state index contributed by atoms with van der Waals surface area (Å²) in [6.07, 6.45) is 2.31. The molecule has 3 saturated heterocycles. The van der Waals surface area contributed by atoms with Gasteiger partial charge in [0.05, 0.1) is 34.6 Å². The summed E-state index contributed by atoms with van der Waals surface area (Å²) in [5.74, 6) is -6.89. The number of amides is 10. The average Bonchev–Trinajstić information content (AvgIpc) is 1.73. The molecule has 5 heterocycles. The van der Waals surface area contributed by atoms with Crippen LogP contribution in [0.5, 0.6) is 0 Å². The Morgan fingerprint density at radius 1 is 0.812 bits per heavy atom. The normalized spacial score (nSPS) is 20.5. The Bertz CT molecular complexity index is 3920. The Labute approximate surface area is 586 Å². The van der Waals surface area contributed by atoms with Crippen molar-refractivity contribution < 1.29 is 80.6 Å². The van der Waals surface area contributed by atoms with Crippen molar-refractivity contribution in [3.05, 3.63) is 112 Å². The number of hydrogen-bond donors (Lipinski definition) is 12. The number of carbonyl (C=O) groups is 10. The summed E-state index contributed by atoms with van der Waals surface area (Å²) in [5.41, 5.74) is 1.60. The van der Waals surface area contributed by atoms with Gasteiger partial charge in [0.2, 0.25) is 47.3 Å². The zero-order chi connectivity index (χ0) is 73.3. The van der Waals surface area contributed by atoms with E-state index in [0.717, 1.165) is 40.8 Å². The molecule has 5 aromatic rings. The lowest BCUT2D eigenvalue weighted by Crippen LogP contribution is -2.61. The number of nitrogens with zero attached hydrogens (tertiary/aromatic N) is 4. The number of hydrogen-bond acceptors (Lipinski definition) is 15. The highest BCUT2D eigenvalue weighted by Gasteiger charge is 2.54. The first-order chi connectivity index (χ1) is 47.7. The second-order valence-electron chi connectivity index (χ2n) is 27.8. The Morgan fingerprint density at radius 2 is 1.49 bits per heavy atom. The number of unbranched alkanes of at least 4 members (excludes halogenated alkanes) is 4. The molecule has 0 bridgehead atoms. The van der Waals surface area contributed by atoms with Gasteiger partial charge in [0, 0.05) is 61.5 Å². The van der Waals surface area contributed by atoms with Crippen molar-refractivity contribution >= 4 is 88.9 Å². The number of primary amides is 1. The molecule has 1 aliphatic carbocycles. The Kier molecular flexibility index (Phi) is 24.7. The summed E-state index contributed by atoms with van der Waals surface area (Å²) >= 11 is 1.47. The smallest absolute Gasteiger partial charge is 0.391 e. The van der Waals surface area contributed by atoms with Crippen LogP contribution in [0, 0.1) is 12.3 Å². The molecular formula is C69H89F3N13O14PS. The number of halogens is 3. The molecule has 3 aromatic carbocycles. The van der Waals surface area contributed by atoms with Crippen LogP contribution in [0.25, 0.3) is 21.3 Å². The number of likely N-dealkylation sites (N-methyl/N-ethyl adjacent to an activating group) is 1. The third kappa shape index (κ3) is 19.1. The Balaban J connectivity index is 0.767. The van der Waals surface area contributed by atoms with Crippen LogP contribution in [0.2, 0.25) is 0 Å². The number of rotatable bonds is 30. The van der Waals surface area contributed by atoms with Crippen LogP contribution in [0.1, 0.15) is 156 Å². The molecule has 13 N–H and O–H groups in total. The minimum Gasteiger partial charge on any atom is -0.391 e. The van der Waals surface area contributed by atoms with Gasteiger partial charge in [-0.1, -0.05) is 101 Å². The number of fused-ring (bicyclic) bond motifs is 2. The summed E-state index contributed by atoms with van der Waals surface area (Å²) in [4.78, 5) is 170. The van der Waals surface area contributed by atoms with Crippen molar-refractivity contribution in [3.8, 4) is 10.4 Å². The summed E-state index contributed by atoms with van der Waals surface area (Å²) in [6, 6.07) is 10.9. The molecule has 9 atom stereocenters. The van der Waals surface area contributed by atoms with Crippen molar-refractivity contribution in [1.82, 2.24) is 61.9 Å². The number of aliphatic hydroxyl groups excluding tert-OH is 1. The van der Waals surface area contributed by atoms with Crippen molar-refractivity contribution in [2.45, 2.75) is 183 Å². The molecule has 0 spiro atoms. The zero-order valence-corrected chi connectivity index (χ0v) is 58.6. The lowest BCUT2D eigenvalue weighted by Gasteiger charge is -2.38. The average molecular weight is 1440 g/mol. The van der Waals surface area contributed by atoms with Crippen LogP contribution in [0.3, 0.4) is 0 Å². The van der Waals surface area contributed by atoms with Gasteiger partial charge in [-0.05, 0) is 112 Å². The van der Waals surface area contributed by atoms with E-state index in [1.807, 2.05) is 24.0 Å². The molecule has 2 aromatic heterocycles. The van der Waals surface area contributed by atoms with Gasteiger partial charge in [0.25, 0.3) is 11.8 Å². The van der Waals surface area contributed by atoms with E-state index in [-0.39, 0.29) is 87.1 Å². The van der Waals surface area contributed by atoms with E-state index in [4.69, 9.17) is 5.73 Å². The highest BCUT2D eigenvalue weighted by atomic mass is 32.1. The summed E-state index contributed by atoms with van der Waals surface area (Å²) in [7, 11) is -4.15. The van der Waals surface area contributed by atoms with E-state index < -0.39 is 138 Å². The van der Waals surface area contributed by atoms with E-state index in [2.05, 4.69) is 47.2 Å². The SMILES string of the molecule is Cc1ncsc1-c1ccc([C@H](CC(=O)NCCCCCCCNC(=O)[C@@H](NC(=O)[C@H](CCC(N)=O)NC(=O)[C@@H]2CC[C@@H]3CCN(C)C[C@H](NC(=O)c4cc5cc(C(F)(F)P(=O)(O)O)ccc5[nH]4)C(=O)N32)c2ccccc2)NC(=O)[C@@H]2C[C@@H](O)CN2C(=O)[C@@H](NC(=O)C2(F)CC2)C(C)(C)C)cc1. The lowest BCUT2D eigenvalue weighted by atomic mass is 9.85. The number of alkyl halides is 3. The fraction of sp³-hybridized carbons (Fsp3) is 0.522. The number of thiazole rings is 1. The van der Waals surface area contributed by atoms with Crippen LogP contribution < -0.4 is 43.0 Å². The fourth-order valence-corrected chi connectivity index (χ4v) is 14.3. The predicted octanol–water partition coefficient (Wildman–Crippen LogP) is 4.65. The van der Waals surface area contributed by atoms with E-state index in [0.29, 0.717) is 62.7 Å². The quantitative estimate of drug-likeness (QED) is 0.0220. The number of aryl methyl sites for hydroxylation is 1. The summed E-state index contributed by atoms with van der Waals surface area (Å²) < 4.78 is 55.6. The molecule has 32 heteroatoms. The van der Waals surface area contributed by atoms with Gasteiger partial charge in [-0.25, -0.2) is 9.37 Å². The van der Waals surface area contributed by atoms with E-state index in [1.54, 1.807) is 75.8 Å². The van der Waals surface area contributed by atoms with Crippen molar-refractivity contribution in [3.63, 3.8) is 0 Å². The number of aromatic nitrogens is 2. The number of likely N-dealkylation sites (tertiary alicyclic amines) is 1. The van der Waals surface area contributed by atoms with Crippen molar-refractivity contribution in [2.75, 3.05) is 39.8 Å². The minimum atomic E-state index is -5.90. The van der Waals surface area contributed by atoms with Crippen LogP contribution in [0.4, 0.5) is 13.2 Å². The molecule has 4 fully saturated rings. The van der Waals surface area contributed by atoms with Gasteiger partial charge in [0.15, 0.2) is 5.67 Å². The van der Waals surface area contributed by atoms with Gasteiger partial charge >= 0.3 is 13.3 Å². The highest BCUT2D eigenvalue weighted by Crippen LogP contribution is 2.59. The van der Waals surface area contributed by atoms with Gasteiger partial charge in [-0.3, -0.25) is 52.5 Å². The number of H-pyrrole nitrogens is 1. The molecule has 1 saturated carbocycles. The molecule has 27 nitrogen and oxygen atoms in total. The maximum absolute atomic E-state index is 14.8. The number of nitrogens with two attached hydrogens (primary N) is 1. The largest absolute Gasteiger partial charge is 0.399 e. The number of β-amino-alcohol motifs (C(OH)–C–C–N with tert-alkyl or cyclic N) is 1. The zero-order valence-electron chi connectivity index (χ0n) is 56.9. The Morgan fingerprint density at radius 3 is 2.13 bits per heavy atom. The number of carbonyl (C=O) groups excluding carboxylic acids is 10. The number of nitrogens with one attached hydrogen (secondary N) is 8. The van der Waals surface area contributed by atoms with Crippen LogP contribution in [0.15, 0.2) is 84.4 Å². The maximum atomic E-state index is 14.8. The van der Waals surface area contributed by atoms with Crippen LogP contribution in [-0.4, -0.2) is 186 Å². The van der Waals surface area contributed by atoms with Gasteiger partial charge in [0.1, 0.15) is 41.9 Å². The van der Waals surface area contributed by atoms with Gasteiger partial charge in [-0.15, -0.1) is 11.3 Å².